The van der Waals surface area contributed by atoms with Gasteiger partial charge in [0.15, 0.2) is 0 Å². The molecule has 1 aliphatic heterocycles. The van der Waals surface area contributed by atoms with Gasteiger partial charge in [0.1, 0.15) is 5.82 Å². The standard InChI is InChI=1S/C22H25FN2O2S/c23-20-11-5-4-10-19(20)22(27)25-14-7-13-24(15-16-25)21(26)12-6-17-28-18-8-2-1-3-9-18/h1-5,8-11H,6-7,12-17H2. The van der Waals surface area contributed by atoms with Gasteiger partial charge in [-0.05, 0) is 42.9 Å². The molecule has 148 valence electrons. The molecule has 0 bridgehead atoms. The van der Waals surface area contributed by atoms with E-state index in [0.29, 0.717) is 39.0 Å². The van der Waals surface area contributed by atoms with Crippen LogP contribution in [0.3, 0.4) is 0 Å². The van der Waals surface area contributed by atoms with E-state index in [2.05, 4.69) is 12.1 Å². The van der Waals surface area contributed by atoms with Crippen LogP contribution in [0.15, 0.2) is 59.5 Å². The number of benzene rings is 2. The molecule has 2 aromatic rings. The van der Waals surface area contributed by atoms with Gasteiger partial charge in [-0.2, -0.15) is 0 Å². The number of halogens is 1. The van der Waals surface area contributed by atoms with Crippen molar-refractivity contribution in [1.82, 2.24) is 9.80 Å². The first-order chi connectivity index (χ1) is 13.6. The molecule has 0 spiro atoms. The molecule has 0 atom stereocenters. The Morgan fingerprint density at radius 2 is 1.57 bits per heavy atom. The first-order valence-corrected chi connectivity index (χ1v) is 10.6. The number of amides is 2. The number of hydrogen-bond acceptors (Lipinski definition) is 3. The van der Waals surface area contributed by atoms with Gasteiger partial charge < -0.3 is 9.80 Å². The quantitative estimate of drug-likeness (QED) is 0.542. The van der Waals surface area contributed by atoms with Gasteiger partial charge in [-0.3, -0.25) is 9.59 Å². The molecule has 0 aliphatic carbocycles. The topological polar surface area (TPSA) is 40.6 Å². The summed E-state index contributed by atoms with van der Waals surface area (Å²) < 4.78 is 13.9. The van der Waals surface area contributed by atoms with Crippen molar-refractivity contribution in [1.29, 1.82) is 0 Å². The third-order valence-corrected chi connectivity index (χ3v) is 5.89. The highest BCUT2D eigenvalue weighted by Gasteiger charge is 2.24. The predicted molar refractivity (Wildman–Crippen MR) is 110 cm³/mol. The van der Waals surface area contributed by atoms with Gasteiger partial charge >= 0.3 is 0 Å². The van der Waals surface area contributed by atoms with Gasteiger partial charge in [0.2, 0.25) is 5.91 Å². The van der Waals surface area contributed by atoms with Crippen molar-refractivity contribution in [2.45, 2.75) is 24.2 Å². The molecule has 1 fully saturated rings. The second-order valence-corrected chi connectivity index (χ2v) is 7.94. The van der Waals surface area contributed by atoms with Crippen molar-refractivity contribution in [2.24, 2.45) is 0 Å². The molecule has 3 rings (SSSR count). The van der Waals surface area contributed by atoms with E-state index < -0.39 is 5.82 Å². The van der Waals surface area contributed by atoms with Crippen LogP contribution < -0.4 is 0 Å². The zero-order valence-corrected chi connectivity index (χ0v) is 16.7. The van der Waals surface area contributed by atoms with Crippen LogP contribution in [0.1, 0.15) is 29.6 Å². The average molecular weight is 401 g/mol. The second kappa shape index (κ2) is 10.3. The number of carbonyl (C=O) groups is 2. The van der Waals surface area contributed by atoms with Gasteiger partial charge in [0.05, 0.1) is 5.56 Å². The summed E-state index contributed by atoms with van der Waals surface area (Å²) in [5.41, 5.74) is 0.0974. The average Bonchev–Trinajstić information content (AvgIpc) is 2.98. The summed E-state index contributed by atoms with van der Waals surface area (Å²) in [5, 5.41) is 0. The highest BCUT2D eigenvalue weighted by molar-refractivity contribution is 7.99. The Balaban J connectivity index is 1.44. The fourth-order valence-corrected chi connectivity index (χ4v) is 4.14. The minimum Gasteiger partial charge on any atom is -0.341 e. The largest absolute Gasteiger partial charge is 0.341 e. The number of rotatable bonds is 6. The van der Waals surface area contributed by atoms with Crippen LogP contribution in [-0.2, 0) is 4.79 Å². The van der Waals surface area contributed by atoms with Crippen LogP contribution in [0.4, 0.5) is 4.39 Å². The minimum atomic E-state index is -0.499. The lowest BCUT2D eigenvalue weighted by Gasteiger charge is -2.22. The number of thioether (sulfide) groups is 1. The number of nitrogens with zero attached hydrogens (tertiary/aromatic N) is 2. The van der Waals surface area contributed by atoms with Gasteiger partial charge in [-0.25, -0.2) is 4.39 Å². The third kappa shape index (κ3) is 5.58. The van der Waals surface area contributed by atoms with E-state index in [-0.39, 0.29) is 17.4 Å². The van der Waals surface area contributed by atoms with Crippen LogP contribution in [0.2, 0.25) is 0 Å². The van der Waals surface area contributed by atoms with E-state index in [1.165, 1.54) is 17.0 Å². The Morgan fingerprint density at radius 3 is 2.36 bits per heavy atom. The smallest absolute Gasteiger partial charge is 0.256 e. The number of carbonyl (C=O) groups excluding carboxylic acids is 2. The molecular formula is C22H25FN2O2S. The van der Waals surface area contributed by atoms with Crippen LogP contribution in [0, 0.1) is 5.82 Å². The Morgan fingerprint density at radius 1 is 0.893 bits per heavy atom. The summed E-state index contributed by atoms with van der Waals surface area (Å²) >= 11 is 1.76. The normalized spacial score (nSPS) is 14.6. The summed E-state index contributed by atoms with van der Waals surface area (Å²) in [7, 11) is 0. The van der Waals surface area contributed by atoms with Crippen LogP contribution >= 0.6 is 11.8 Å². The van der Waals surface area contributed by atoms with E-state index in [4.69, 9.17) is 0 Å². The Hall–Kier alpha value is -2.34. The molecular weight excluding hydrogens is 375 g/mol. The van der Waals surface area contributed by atoms with E-state index in [9.17, 15) is 14.0 Å². The Labute approximate surface area is 169 Å². The number of hydrogen-bond donors (Lipinski definition) is 0. The molecule has 0 unspecified atom stereocenters. The van der Waals surface area contributed by atoms with Crippen LogP contribution in [-0.4, -0.2) is 53.5 Å². The van der Waals surface area contributed by atoms with Gasteiger partial charge in [-0.1, -0.05) is 30.3 Å². The maximum Gasteiger partial charge on any atom is 0.256 e. The lowest BCUT2D eigenvalue weighted by molar-refractivity contribution is -0.131. The van der Waals surface area contributed by atoms with E-state index in [1.54, 1.807) is 28.8 Å². The van der Waals surface area contributed by atoms with Crippen molar-refractivity contribution < 1.29 is 14.0 Å². The summed E-state index contributed by atoms with van der Waals surface area (Å²) in [6.07, 6.45) is 2.05. The minimum absolute atomic E-state index is 0.0974. The molecule has 2 amide bonds. The highest BCUT2D eigenvalue weighted by atomic mass is 32.2. The molecule has 2 aromatic carbocycles. The SMILES string of the molecule is O=C(CCCSc1ccccc1)N1CCCN(C(=O)c2ccccc2F)CC1. The summed E-state index contributed by atoms with van der Waals surface area (Å²) in [6, 6.07) is 16.2. The monoisotopic (exact) mass is 400 g/mol. The molecule has 0 aromatic heterocycles. The molecule has 0 N–H and O–H groups in total. The first-order valence-electron chi connectivity index (χ1n) is 9.64. The maximum absolute atomic E-state index is 13.9. The highest BCUT2D eigenvalue weighted by Crippen LogP contribution is 2.19. The predicted octanol–water partition coefficient (Wildman–Crippen LogP) is 4.07. The van der Waals surface area contributed by atoms with Crippen LogP contribution in [0.5, 0.6) is 0 Å². The second-order valence-electron chi connectivity index (χ2n) is 6.77. The van der Waals surface area contributed by atoms with Crippen LogP contribution in [0.25, 0.3) is 0 Å². The Bertz CT molecular complexity index is 800. The van der Waals surface area contributed by atoms with Gasteiger partial charge in [-0.15, -0.1) is 11.8 Å². The summed E-state index contributed by atoms with van der Waals surface area (Å²) in [5.74, 6) is 0.239. The molecule has 6 heteroatoms. The van der Waals surface area contributed by atoms with Crippen molar-refractivity contribution in [3.05, 3.63) is 66.0 Å². The molecule has 1 aliphatic rings. The fraction of sp³-hybridized carbons (Fsp3) is 0.364. The molecule has 1 heterocycles. The maximum atomic E-state index is 13.9. The van der Waals surface area contributed by atoms with Gasteiger partial charge in [0.25, 0.3) is 5.91 Å². The lowest BCUT2D eigenvalue weighted by atomic mass is 10.2. The van der Waals surface area contributed by atoms with E-state index in [1.807, 2.05) is 23.1 Å². The molecule has 0 radical (unpaired) electrons. The molecule has 4 nitrogen and oxygen atoms in total. The fourth-order valence-electron chi connectivity index (χ4n) is 3.26. The summed E-state index contributed by atoms with van der Waals surface area (Å²) in [6.45, 7) is 2.13. The molecule has 1 saturated heterocycles. The van der Waals surface area contributed by atoms with Crippen molar-refractivity contribution >= 4 is 23.6 Å². The zero-order valence-electron chi connectivity index (χ0n) is 15.9. The third-order valence-electron chi connectivity index (χ3n) is 4.79. The first kappa shape index (κ1) is 20.4. The van der Waals surface area contributed by atoms with Crippen molar-refractivity contribution in [3.8, 4) is 0 Å². The van der Waals surface area contributed by atoms with Crippen molar-refractivity contribution in [3.63, 3.8) is 0 Å². The van der Waals surface area contributed by atoms with E-state index >= 15 is 0 Å². The molecule has 28 heavy (non-hydrogen) atoms. The van der Waals surface area contributed by atoms with Gasteiger partial charge in [0, 0.05) is 37.5 Å². The summed E-state index contributed by atoms with van der Waals surface area (Å²) in [4.78, 5) is 29.8. The zero-order chi connectivity index (χ0) is 19.8. The van der Waals surface area contributed by atoms with Crippen molar-refractivity contribution in [2.75, 3.05) is 31.9 Å². The molecule has 0 saturated carbocycles. The van der Waals surface area contributed by atoms with E-state index in [0.717, 1.165) is 12.2 Å². The lowest BCUT2D eigenvalue weighted by Crippen LogP contribution is -2.37. The Kier molecular flexibility index (Phi) is 7.48.